The molecule has 7 rings (SSSR count). The lowest BCUT2D eigenvalue weighted by Gasteiger charge is -2.19. The summed E-state index contributed by atoms with van der Waals surface area (Å²) in [7, 11) is 0. The molecule has 0 fully saturated rings. The first-order chi connectivity index (χ1) is 58.7. The van der Waals surface area contributed by atoms with Gasteiger partial charge >= 0.3 is 14.0 Å². The molecule has 5 aromatic carbocycles. The van der Waals surface area contributed by atoms with Gasteiger partial charge in [-0.25, -0.2) is 9.36 Å². The highest BCUT2D eigenvalue weighted by atomic mass is 19.4. The fourth-order valence-electron chi connectivity index (χ4n) is 15.3. The topological polar surface area (TPSA) is 117 Å². The molecule has 662 valence electrons. The molecule has 0 saturated carbocycles. The van der Waals surface area contributed by atoms with E-state index >= 15 is 0 Å². The molecule has 0 spiro atoms. The van der Waals surface area contributed by atoms with Crippen LogP contribution < -0.4 is 39.3 Å². The number of halogens is 6. The van der Waals surface area contributed by atoms with Crippen LogP contribution in [0, 0.1) is 23.7 Å². The zero-order chi connectivity index (χ0) is 85.4. The maximum Gasteiger partial charge on any atom is 0.509 e. The van der Waals surface area contributed by atoms with Crippen LogP contribution in [0.2, 0.25) is 0 Å². The van der Waals surface area contributed by atoms with Crippen molar-refractivity contribution in [3.8, 4) is 80.7 Å². The second-order valence-corrected chi connectivity index (χ2v) is 33.1. The molecule has 12 nitrogen and oxygen atoms in total. The van der Waals surface area contributed by atoms with Crippen molar-refractivity contribution in [2.75, 3.05) is 39.6 Å². The molecular weight excluding hydrogens is 1520 g/mol. The molecule has 0 aliphatic rings. The van der Waals surface area contributed by atoms with Gasteiger partial charge in [0.1, 0.15) is 45.9 Å². The Morgan fingerprint density at radius 2 is 0.475 bits per heavy atom. The van der Waals surface area contributed by atoms with Crippen LogP contribution >= 0.6 is 0 Å². The van der Waals surface area contributed by atoms with Crippen molar-refractivity contribution in [2.24, 2.45) is 0 Å². The van der Waals surface area contributed by atoms with Gasteiger partial charge in [-0.2, -0.15) is 0 Å². The van der Waals surface area contributed by atoms with E-state index in [1.807, 2.05) is 36.4 Å². The molecule has 0 saturated heterocycles. The normalized spacial score (nSPS) is 11.6. The maximum absolute atomic E-state index is 14.5. The van der Waals surface area contributed by atoms with Crippen molar-refractivity contribution in [3.05, 3.63) is 131 Å². The second-order valence-electron chi connectivity index (χ2n) is 33.1. The minimum atomic E-state index is -5.28. The zero-order valence-electron chi connectivity index (χ0n) is 74.4. The SMILES string of the molecule is CCCCCCCCCCOc1cc(C#Cc2cc(OCCCCCCCCCC)c(-c3cn(Cc4ccccc4[B-](F)(F)F)nn3)cc2OCCCCCCCCCC)c(OCCCCCCCCCC)cc1C#Cc1cc(OCCCCCCCCCC)c(-c2cn(Cc3ccccc3[B-](F)(F)F)nn2)cc1OCCCCCCCCCC. The van der Waals surface area contributed by atoms with Crippen LogP contribution in [0.1, 0.15) is 383 Å². The average Bonchev–Trinajstić information content (AvgIpc) is 1.53. The summed E-state index contributed by atoms with van der Waals surface area (Å²) in [6, 6.07) is 22.9. The van der Waals surface area contributed by atoms with Crippen LogP contribution in [0.5, 0.6) is 34.5 Å². The Balaban J connectivity index is 1.38. The summed E-state index contributed by atoms with van der Waals surface area (Å²) in [6.45, 7) is 5.15. The molecular formula is C100H146B2F6N6O6-2. The molecule has 0 bridgehead atoms. The minimum absolute atomic E-state index is 0.104. The summed E-state index contributed by atoms with van der Waals surface area (Å²) in [5.41, 5.74) is 3.28. The van der Waals surface area contributed by atoms with E-state index in [1.165, 1.54) is 201 Å². The minimum Gasteiger partial charge on any atom is -0.493 e. The molecule has 120 heavy (non-hydrogen) atoms. The van der Waals surface area contributed by atoms with E-state index < -0.39 is 24.9 Å². The van der Waals surface area contributed by atoms with Crippen LogP contribution in [0.25, 0.3) is 22.5 Å². The first-order valence-electron chi connectivity index (χ1n) is 47.4. The van der Waals surface area contributed by atoms with E-state index in [4.69, 9.17) is 28.4 Å². The highest BCUT2D eigenvalue weighted by Gasteiger charge is 2.30. The number of ether oxygens (including phenoxy) is 6. The van der Waals surface area contributed by atoms with Crippen LogP contribution in [-0.2, 0) is 13.1 Å². The molecule has 0 aliphatic heterocycles. The quantitative estimate of drug-likeness (QED) is 0.0158. The molecule has 0 unspecified atom stereocenters. The second kappa shape index (κ2) is 59.7. The van der Waals surface area contributed by atoms with Crippen LogP contribution in [0.15, 0.2) is 97.3 Å². The first-order valence-corrected chi connectivity index (χ1v) is 47.4. The first kappa shape index (κ1) is 99.1. The lowest BCUT2D eigenvalue weighted by molar-refractivity contribution is 0.295. The van der Waals surface area contributed by atoms with Crippen molar-refractivity contribution in [2.45, 2.75) is 363 Å². The molecule has 0 atom stereocenters. The largest absolute Gasteiger partial charge is 0.509 e. The van der Waals surface area contributed by atoms with Gasteiger partial charge in [-0.05, 0) is 50.7 Å². The molecule has 2 heterocycles. The molecule has 0 radical (unpaired) electrons. The molecule has 20 heteroatoms. The van der Waals surface area contributed by atoms with Gasteiger partial charge in [0, 0.05) is 35.4 Å². The number of hydrogen-bond acceptors (Lipinski definition) is 10. The van der Waals surface area contributed by atoms with Crippen molar-refractivity contribution < 1.29 is 54.3 Å². The summed E-state index contributed by atoms with van der Waals surface area (Å²) in [5, 5.41) is 18.1. The van der Waals surface area contributed by atoms with Gasteiger partial charge in [-0.1, -0.05) is 405 Å². The van der Waals surface area contributed by atoms with Crippen LogP contribution in [-0.4, -0.2) is 83.6 Å². The van der Waals surface area contributed by atoms with Gasteiger partial charge in [0.2, 0.25) is 0 Å². The molecule has 7 aromatic rings. The van der Waals surface area contributed by atoms with E-state index in [2.05, 4.69) is 85.8 Å². The van der Waals surface area contributed by atoms with Gasteiger partial charge in [0.05, 0.1) is 87.4 Å². The van der Waals surface area contributed by atoms with Crippen LogP contribution in [0.3, 0.4) is 0 Å². The summed E-state index contributed by atoms with van der Waals surface area (Å²) < 4.78 is 131. The number of rotatable bonds is 68. The summed E-state index contributed by atoms with van der Waals surface area (Å²) in [4.78, 5) is 0. The molecule has 0 amide bonds. The lowest BCUT2D eigenvalue weighted by Crippen LogP contribution is -2.37. The molecule has 0 N–H and O–H groups in total. The number of nitrogens with zero attached hydrogens (tertiary/aromatic N) is 6. The van der Waals surface area contributed by atoms with E-state index in [-0.39, 0.29) is 24.2 Å². The Hall–Kier alpha value is -7.99. The van der Waals surface area contributed by atoms with Crippen LogP contribution in [0.4, 0.5) is 25.9 Å². The number of hydrogen-bond donors (Lipinski definition) is 0. The number of aromatic nitrogens is 6. The van der Waals surface area contributed by atoms with Gasteiger partial charge in [0.15, 0.2) is 0 Å². The van der Waals surface area contributed by atoms with Crippen molar-refractivity contribution in [3.63, 3.8) is 0 Å². The number of benzene rings is 5. The van der Waals surface area contributed by atoms with E-state index in [1.54, 1.807) is 24.5 Å². The summed E-state index contributed by atoms with van der Waals surface area (Å²) in [6.07, 6.45) is 57.1. The highest BCUT2D eigenvalue weighted by molar-refractivity contribution is 6.74. The third kappa shape index (κ3) is 38.6. The van der Waals surface area contributed by atoms with Crippen molar-refractivity contribution in [1.29, 1.82) is 0 Å². The van der Waals surface area contributed by atoms with E-state index in [9.17, 15) is 25.9 Å². The van der Waals surface area contributed by atoms with Crippen molar-refractivity contribution >= 4 is 24.9 Å². The fraction of sp³-hybridized carbons (Fsp3) is 0.620. The Bertz CT molecular complexity index is 3810. The fourth-order valence-corrected chi connectivity index (χ4v) is 15.3. The van der Waals surface area contributed by atoms with Gasteiger partial charge in [0.25, 0.3) is 0 Å². The zero-order valence-corrected chi connectivity index (χ0v) is 74.4. The van der Waals surface area contributed by atoms with Gasteiger partial charge < -0.3 is 54.3 Å². The Morgan fingerprint density at radius 1 is 0.267 bits per heavy atom. The summed E-state index contributed by atoms with van der Waals surface area (Å²) in [5.74, 6) is 17.5. The molecule has 2 aromatic heterocycles. The monoisotopic (exact) mass is 1660 g/mol. The standard InChI is InChI=1S/C100H146B2F6N6O6/c1-7-13-19-25-31-37-43-53-67-115-95-73-84(64-66-86-76-100(120-72-58-48-42-36-30-24-18-12-6)90(78-98(86)118-70-56-46-40-34-28-22-16-10-4)94-82-114(112-110-94)80-88-60-50-52-62-92(88)102(106,107)108)96(116-68-54-44-38-32-26-20-14-8-2)74-83(95)63-65-85-75-99(119-71-57-47-41-35-29-23-17-11-5)89(77-97(85)117-69-55-45-39-33-27-21-15-9-3)93-81-113(111-109-93)79-87-59-49-51-61-91(87)101(103,104)105/h49-52,59-62,73-78,81-82H,7-48,53-58,67-72,79-80H2,1-6H3/q-2. The predicted octanol–water partition coefficient (Wildman–Crippen LogP) is 28.3. The van der Waals surface area contributed by atoms with E-state index in [0.717, 1.165) is 153 Å². The maximum atomic E-state index is 14.5. The number of unbranched alkanes of at least 4 members (excludes halogenated alkanes) is 42. The third-order valence-electron chi connectivity index (χ3n) is 22.6. The average molecular weight is 1660 g/mol. The van der Waals surface area contributed by atoms with Crippen molar-refractivity contribution in [1.82, 2.24) is 30.0 Å². The third-order valence-corrected chi connectivity index (χ3v) is 22.6. The Morgan fingerprint density at radius 3 is 0.717 bits per heavy atom. The molecule has 0 aliphatic carbocycles. The lowest BCUT2D eigenvalue weighted by atomic mass is 9.77. The highest BCUT2D eigenvalue weighted by Crippen LogP contribution is 2.39. The van der Waals surface area contributed by atoms with E-state index in [0.29, 0.717) is 119 Å². The smallest absolute Gasteiger partial charge is 0.493 e. The summed E-state index contributed by atoms with van der Waals surface area (Å²) >= 11 is 0. The van der Waals surface area contributed by atoms with Gasteiger partial charge in [-0.3, -0.25) is 0 Å². The Labute approximate surface area is 719 Å². The van der Waals surface area contributed by atoms with Gasteiger partial charge in [-0.15, -0.1) is 21.1 Å². The predicted molar refractivity (Wildman–Crippen MR) is 486 cm³/mol. The Kier molecular flexibility index (Phi) is 49.3.